The number of hydrogen-bond acceptors (Lipinski definition) is 4. The number of ketones is 1. The molecule has 1 heterocycles. The number of thiophene rings is 1. The van der Waals surface area contributed by atoms with Gasteiger partial charge < -0.3 is 9.47 Å². The van der Waals surface area contributed by atoms with E-state index in [4.69, 9.17) is 21.1 Å². The fraction of sp³-hybridized carbons (Fsp3) is 0.267. The van der Waals surface area contributed by atoms with Crippen molar-refractivity contribution in [1.82, 2.24) is 0 Å². The Bertz CT molecular complexity index is 607. The molecular weight excluding hydrogens is 296 g/mol. The number of hydrogen-bond donors (Lipinski definition) is 0. The molecule has 0 amide bonds. The van der Waals surface area contributed by atoms with Gasteiger partial charge in [0.1, 0.15) is 0 Å². The summed E-state index contributed by atoms with van der Waals surface area (Å²) in [7, 11) is 0. The van der Waals surface area contributed by atoms with Crippen LogP contribution in [0, 0.1) is 0 Å². The van der Waals surface area contributed by atoms with E-state index in [2.05, 4.69) is 0 Å². The van der Waals surface area contributed by atoms with Crippen molar-refractivity contribution in [2.24, 2.45) is 0 Å². The molecule has 0 aliphatic carbocycles. The van der Waals surface area contributed by atoms with Crippen LogP contribution in [0.1, 0.15) is 29.1 Å². The zero-order valence-electron chi connectivity index (χ0n) is 11.3. The molecule has 0 aliphatic heterocycles. The summed E-state index contributed by atoms with van der Waals surface area (Å²) in [6, 6.07) is 6.90. The monoisotopic (exact) mass is 310 g/mol. The van der Waals surface area contributed by atoms with E-state index in [0.717, 1.165) is 0 Å². The Morgan fingerprint density at radius 3 is 2.45 bits per heavy atom. The Morgan fingerprint density at radius 1 is 1.15 bits per heavy atom. The Hall–Kier alpha value is -1.52. The Morgan fingerprint density at radius 2 is 1.85 bits per heavy atom. The van der Waals surface area contributed by atoms with Crippen molar-refractivity contribution in [3.05, 3.63) is 45.1 Å². The molecule has 0 unspecified atom stereocenters. The molecule has 0 atom stereocenters. The third-order valence-electron chi connectivity index (χ3n) is 2.63. The van der Waals surface area contributed by atoms with E-state index < -0.39 is 0 Å². The summed E-state index contributed by atoms with van der Waals surface area (Å²) < 4.78 is 11.0. The SMILES string of the molecule is CCOc1ccc(C(=O)c2sccc2Cl)cc1OCC. The van der Waals surface area contributed by atoms with E-state index in [1.54, 1.807) is 29.6 Å². The van der Waals surface area contributed by atoms with Crippen LogP contribution >= 0.6 is 22.9 Å². The van der Waals surface area contributed by atoms with Crippen molar-refractivity contribution in [2.75, 3.05) is 13.2 Å². The summed E-state index contributed by atoms with van der Waals surface area (Å²) in [5.41, 5.74) is 0.543. The van der Waals surface area contributed by atoms with Crippen LogP contribution in [0.25, 0.3) is 0 Å². The second-order valence-electron chi connectivity index (χ2n) is 3.95. The Labute approximate surface area is 127 Å². The molecule has 0 spiro atoms. The first-order valence-electron chi connectivity index (χ1n) is 6.34. The minimum Gasteiger partial charge on any atom is -0.490 e. The van der Waals surface area contributed by atoms with Gasteiger partial charge in [-0.2, -0.15) is 0 Å². The molecule has 0 aliphatic rings. The zero-order valence-corrected chi connectivity index (χ0v) is 12.9. The molecule has 0 saturated carbocycles. The lowest BCUT2D eigenvalue weighted by Crippen LogP contribution is -2.03. The lowest BCUT2D eigenvalue weighted by Gasteiger charge is -2.11. The lowest BCUT2D eigenvalue weighted by atomic mass is 10.1. The van der Waals surface area contributed by atoms with Crippen LogP contribution in [0.15, 0.2) is 29.6 Å². The number of rotatable bonds is 6. The first kappa shape index (κ1) is 14.9. The van der Waals surface area contributed by atoms with Gasteiger partial charge in [0.2, 0.25) is 5.78 Å². The molecule has 20 heavy (non-hydrogen) atoms. The minimum atomic E-state index is -0.103. The molecule has 0 N–H and O–H groups in total. The maximum atomic E-state index is 12.4. The first-order valence-corrected chi connectivity index (χ1v) is 7.60. The summed E-state index contributed by atoms with van der Waals surface area (Å²) >= 11 is 7.33. The van der Waals surface area contributed by atoms with Crippen molar-refractivity contribution in [3.8, 4) is 11.5 Å². The zero-order chi connectivity index (χ0) is 14.5. The second kappa shape index (κ2) is 6.77. The quantitative estimate of drug-likeness (QED) is 0.740. The standard InChI is InChI=1S/C15H15ClO3S/c1-3-18-12-6-5-10(9-13(12)19-4-2)14(17)15-11(16)7-8-20-15/h5-9H,3-4H2,1-2H3. The maximum absolute atomic E-state index is 12.4. The largest absolute Gasteiger partial charge is 0.490 e. The Balaban J connectivity index is 2.35. The van der Waals surface area contributed by atoms with Crippen LogP contribution in [0.4, 0.5) is 0 Å². The third kappa shape index (κ3) is 3.14. The molecule has 2 aromatic rings. The average Bonchev–Trinajstić information content (AvgIpc) is 2.86. The molecular formula is C15H15ClO3S. The van der Waals surface area contributed by atoms with Crippen molar-refractivity contribution >= 4 is 28.7 Å². The maximum Gasteiger partial charge on any atom is 0.204 e. The van der Waals surface area contributed by atoms with Crippen molar-refractivity contribution < 1.29 is 14.3 Å². The summed E-state index contributed by atoms with van der Waals surface area (Å²) in [6.07, 6.45) is 0. The molecule has 106 valence electrons. The van der Waals surface area contributed by atoms with E-state index in [-0.39, 0.29) is 5.78 Å². The van der Waals surface area contributed by atoms with E-state index in [1.807, 2.05) is 13.8 Å². The molecule has 5 heteroatoms. The number of halogens is 1. The van der Waals surface area contributed by atoms with Gasteiger partial charge in [-0.1, -0.05) is 11.6 Å². The lowest BCUT2D eigenvalue weighted by molar-refractivity contribution is 0.104. The van der Waals surface area contributed by atoms with Crippen LogP contribution in [-0.2, 0) is 0 Å². The van der Waals surface area contributed by atoms with Gasteiger partial charge >= 0.3 is 0 Å². The Kier molecular flexibility index (Phi) is 5.04. The summed E-state index contributed by atoms with van der Waals surface area (Å²) in [6.45, 7) is 4.85. The normalized spacial score (nSPS) is 10.3. The minimum absolute atomic E-state index is 0.103. The van der Waals surface area contributed by atoms with Crippen LogP contribution < -0.4 is 9.47 Å². The van der Waals surface area contributed by atoms with Crippen LogP contribution in [0.5, 0.6) is 11.5 Å². The molecule has 0 saturated heterocycles. The predicted octanol–water partition coefficient (Wildman–Crippen LogP) is 4.43. The predicted molar refractivity (Wildman–Crippen MR) is 81.5 cm³/mol. The highest BCUT2D eigenvalue weighted by Crippen LogP contribution is 2.31. The van der Waals surface area contributed by atoms with E-state index >= 15 is 0 Å². The van der Waals surface area contributed by atoms with Gasteiger partial charge in [-0.05, 0) is 43.5 Å². The van der Waals surface area contributed by atoms with Crippen molar-refractivity contribution in [2.45, 2.75) is 13.8 Å². The van der Waals surface area contributed by atoms with Crippen molar-refractivity contribution in [3.63, 3.8) is 0 Å². The molecule has 2 rings (SSSR count). The average molecular weight is 311 g/mol. The number of ether oxygens (including phenoxy) is 2. The fourth-order valence-electron chi connectivity index (χ4n) is 1.78. The van der Waals surface area contributed by atoms with E-state index in [0.29, 0.717) is 40.2 Å². The van der Waals surface area contributed by atoms with Gasteiger partial charge in [-0.15, -0.1) is 11.3 Å². The van der Waals surface area contributed by atoms with Gasteiger partial charge in [0.15, 0.2) is 11.5 Å². The van der Waals surface area contributed by atoms with Crippen LogP contribution in [0.2, 0.25) is 5.02 Å². The van der Waals surface area contributed by atoms with Gasteiger partial charge in [0.25, 0.3) is 0 Å². The highest BCUT2D eigenvalue weighted by atomic mass is 35.5. The van der Waals surface area contributed by atoms with Gasteiger partial charge in [0, 0.05) is 5.56 Å². The first-order chi connectivity index (χ1) is 9.67. The summed E-state index contributed by atoms with van der Waals surface area (Å²) in [5.74, 6) is 1.12. The molecule has 0 fully saturated rings. The highest BCUT2D eigenvalue weighted by molar-refractivity contribution is 7.13. The van der Waals surface area contributed by atoms with Crippen LogP contribution in [-0.4, -0.2) is 19.0 Å². The third-order valence-corrected chi connectivity index (χ3v) is 3.97. The smallest absolute Gasteiger partial charge is 0.204 e. The second-order valence-corrected chi connectivity index (χ2v) is 5.28. The van der Waals surface area contributed by atoms with E-state index in [1.165, 1.54) is 11.3 Å². The van der Waals surface area contributed by atoms with Gasteiger partial charge in [-0.3, -0.25) is 4.79 Å². The van der Waals surface area contributed by atoms with E-state index in [9.17, 15) is 4.79 Å². The molecule has 0 bridgehead atoms. The number of carbonyl (C=O) groups is 1. The van der Waals surface area contributed by atoms with Gasteiger partial charge in [-0.25, -0.2) is 0 Å². The number of carbonyl (C=O) groups excluding carboxylic acids is 1. The summed E-state index contributed by atoms with van der Waals surface area (Å²) in [5, 5.41) is 2.28. The molecule has 0 radical (unpaired) electrons. The number of benzene rings is 1. The molecule has 3 nitrogen and oxygen atoms in total. The van der Waals surface area contributed by atoms with Gasteiger partial charge in [0.05, 0.1) is 23.1 Å². The summed E-state index contributed by atoms with van der Waals surface area (Å²) in [4.78, 5) is 12.9. The molecule has 1 aromatic heterocycles. The van der Waals surface area contributed by atoms with Crippen molar-refractivity contribution in [1.29, 1.82) is 0 Å². The molecule has 1 aromatic carbocycles. The topological polar surface area (TPSA) is 35.5 Å². The fourth-order valence-corrected chi connectivity index (χ4v) is 2.88. The highest BCUT2D eigenvalue weighted by Gasteiger charge is 2.16. The van der Waals surface area contributed by atoms with Crippen LogP contribution in [0.3, 0.4) is 0 Å².